The lowest BCUT2D eigenvalue weighted by molar-refractivity contribution is -0.145. The first-order valence-electron chi connectivity index (χ1n) is 7.72. The molecule has 24 heavy (non-hydrogen) atoms. The molecule has 2 aliphatic rings. The molecular weight excluding hydrogens is 323 g/mol. The van der Waals surface area contributed by atoms with Gasteiger partial charge >= 0.3 is 6.18 Å². The van der Waals surface area contributed by atoms with E-state index >= 15 is 0 Å². The summed E-state index contributed by atoms with van der Waals surface area (Å²) in [6, 6.07) is 1.90. The minimum absolute atomic E-state index is 0.539. The number of alkyl halides is 3. The molecule has 0 amide bonds. The zero-order valence-electron chi connectivity index (χ0n) is 13.6. The quantitative estimate of drug-likeness (QED) is 0.884. The highest BCUT2D eigenvalue weighted by atomic mass is 19.4. The van der Waals surface area contributed by atoms with Crippen LogP contribution in [0.2, 0.25) is 0 Å². The average molecular weight is 343 g/mol. The van der Waals surface area contributed by atoms with Crippen LogP contribution in [0.15, 0.2) is 34.4 Å². The molecule has 0 unspecified atom stereocenters. The number of hydrogen-bond acceptors (Lipinski definition) is 6. The van der Waals surface area contributed by atoms with Crippen molar-refractivity contribution in [1.82, 2.24) is 25.4 Å². The molecule has 0 aliphatic carbocycles. The highest BCUT2D eigenvalue weighted by Crippen LogP contribution is 2.29. The Bertz CT molecular complexity index is 652. The van der Waals surface area contributed by atoms with Crippen molar-refractivity contribution in [3.8, 4) is 0 Å². The standard InChI is InChI=1S/C15H20F3N5O/c1-11-6-12(24-20-11)4-3-5-22-8-14-13(21(2)10-22)7-19-23(14)9-15(16,17)18/h6-8,19H,3-5,9-10H2,1-2H3. The molecule has 6 nitrogen and oxygen atoms in total. The normalized spacial score (nSPS) is 17.6. The highest BCUT2D eigenvalue weighted by Gasteiger charge is 2.36. The second-order valence-electron chi connectivity index (χ2n) is 6.06. The molecule has 0 bridgehead atoms. The molecule has 9 heteroatoms. The summed E-state index contributed by atoms with van der Waals surface area (Å²) in [5, 5.41) is 4.97. The van der Waals surface area contributed by atoms with E-state index in [0.717, 1.165) is 41.5 Å². The van der Waals surface area contributed by atoms with E-state index in [-0.39, 0.29) is 0 Å². The van der Waals surface area contributed by atoms with Crippen LogP contribution >= 0.6 is 0 Å². The molecule has 0 saturated carbocycles. The molecule has 1 aromatic heterocycles. The third-order valence-electron chi connectivity index (χ3n) is 3.90. The number of nitrogens with one attached hydrogen (secondary N) is 1. The molecule has 0 aromatic carbocycles. The molecule has 0 spiro atoms. The van der Waals surface area contributed by atoms with E-state index in [4.69, 9.17) is 4.52 Å². The van der Waals surface area contributed by atoms with Crippen molar-refractivity contribution in [2.75, 3.05) is 26.8 Å². The Labute approximate surface area is 138 Å². The Hall–Kier alpha value is -2.32. The van der Waals surface area contributed by atoms with Crippen LogP contribution in [0, 0.1) is 6.92 Å². The van der Waals surface area contributed by atoms with Crippen molar-refractivity contribution in [2.24, 2.45) is 0 Å². The van der Waals surface area contributed by atoms with Gasteiger partial charge in [-0.25, -0.2) is 0 Å². The number of rotatable bonds is 5. The minimum atomic E-state index is -4.26. The van der Waals surface area contributed by atoms with Crippen molar-refractivity contribution >= 4 is 0 Å². The largest absolute Gasteiger partial charge is 0.407 e. The lowest BCUT2D eigenvalue weighted by Crippen LogP contribution is -2.42. The number of aromatic nitrogens is 1. The van der Waals surface area contributed by atoms with Gasteiger partial charge in [0.25, 0.3) is 0 Å². The smallest absolute Gasteiger partial charge is 0.361 e. The molecule has 3 heterocycles. The summed E-state index contributed by atoms with van der Waals surface area (Å²) < 4.78 is 43.2. The van der Waals surface area contributed by atoms with Gasteiger partial charge in [0.05, 0.1) is 23.8 Å². The van der Waals surface area contributed by atoms with Gasteiger partial charge in [-0.15, -0.1) is 0 Å². The Morgan fingerprint density at radius 1 is 1.33 bits per heavy atom. The van der Waals surface area contributed by atoms with Crippen molar-refractivity contribution in [2.45, 2.75) is 25.9 Å². The predicted octanol–water partition coefficient (Wildman–Crippen LogP) is 2.19. The summed E-state index contributed by atoms with van der Waals surface area (Å²) in [7, 11) is 1.87. The Balaban J connectivity index is 1.61. The topological polar surface area (TPSA) is 47.8 Å². The summed E-state index contributed by atoms with van der Waals surface area (Å²) in [5.74, 6) is 0.826. The number of fused-ring (bicyclic) bond motifs is 1. The molecule has 0 atom stereocenters. The van der Waals surface area contributed by atoms with Gasteiger partial charge in [0, 0.05) is 38.5 Å². The monoisotopic (exact) mass is 343 g/mol. The predicted molar refractivity (Wildman–Crippen MR) is 81.0 cm³/mol. The highest BCUT2D eigenvalue weighted by molar-refractivity contribution is 5.33. The van der Waals surface area contributed by atoms with Crippen molar-refractivity contribution in [3.05, 3.63) is 41.3 Å². The van der Waals surface area contributed by atoms with Crippen molar-refractivity contribution < 1.29 is 17.7 Å². The molecule has 132 valence electrons. The Kier molecular flexibility index (Phi) is 4.33. The van der Waals surface area contributed by atoms with Gasteiger partial charge in [0.2, 0.25) is 0 Å². The number of nitrogens with zero attached hydrogens (tertiary/aromatic N) is 4. The van der Waals surface area contributed by atoms with Crippen LogP contribution < -0.4 is 5.43 Å². The van der Waals surface area contributed by atoms with Crippen molar-refractivity contribution in [3.63, 3.8) is 0 Å². The third-order valence-corrected chi connectivity index (χ3v) is 3.90. The molecule has 1 N–H and O–H groups in total. The van der Waals surface area contributed by atoms with E-state index in [2.05, 4.69) is 10.6 Å². The van der Waals surface area contributed by atoms with Crippen LogP contribution in [-0.4, -0.2) is 52.9 Å². The maximum absolute atomic E-state index is 12.7. The van der Waals surface area contributed by atoms with Crippen LogP contribution in [0.25, 0.3) is 0 Å². The zero-order chi connectivity index (χ0) is 17.3. The average Bonchev–Trinajstić information content (AvgIpc) is 3.05. The van der Waals surface area contributed by atoms with E-state index in [0.29, 0.717) is 12.4 Å². The second kappa shape index (κ2) is 6.29. The number of hydrazine groups is 1. The summed E-state index contributed by atoms with van der Waals surface area (Å²) >= 11 is 0. The van der Waals surface area contributed by atoms with Crippen LogP contribution in [0.5, 0.6) is 0 Å². The van der Waals surface area contributed by atoms with E-state index in [9.17, 15) is 13.2 Å². The van der Waals surface area contributed by atoms with Crippen molar-refractivity contribution in [1.29, 1.82) is 0 Å². The van der Waals surface area contributed by atoms with Crippen LogP contribution in [0.1, 0.15) is 17.9 Å². The third kappa shape index (κ3) is 3.77. The maximum atomic E-state index is 12.7. The molecular formula is C15H20F3N5O. The second-order valence-corrected chi connectivity index (χ2v) is 6.06. The molecule has 3 rings (SSSR count). The first-order chi connectivity index (χ1) is 11.3. The lowest BCUT2D eigenvalue weighted by atomic mass is 10.2. The van der Waals surface area contributed by atoms with E-state index in [1.807, 2.05) is 29.8 Å². The maximum Gasteiger partial charge on any atom is 0.407 e. The van der Waals surface area contributed by atoms with E-state index in [1.54, 1.807) is 12.4 Å². The van der Waals surface area contributed by atoms with Crippen LogP contribution in [-0.2, 0) is 6.42 Å². The fourth-order valence-corrected chi connectivity index (χ4v) is 2.86. The minimum Gasteiger partial charge on any atom is -0.361 e. The molecule has 0 radical (unpaired) electrons. The van der Waals surface area contributed by atoms with E-state index < -0.39 is 12.7 Å². The SMILES string of the molecule is Cc1cc(CCCN2C=C3C(=CNN3CC(F)(F)F)N(C)C2)on1. The van der Waals surface area contributed by atoms with Gasteiger partial charge in [-0.3, -0.25) is 5.01 Å². The first kappa shape index (κ1) is 16.5. The number of likely N-dealkylation sites (N-methyl/N-ethyl adjacent to an activating group) is 1. The molecule has 0 fully saturated rings. The van der Waals surface area contributed by atoms with E-state index in [1.165, 1.54) is 0 Å². The van der Waals surface area contributed by atoms with Gasteiger partial charge in [-0.2, -0.15) is 13.2 Å². The fraction of sp³-hybridized carbons (Fsp3) is 0.533. The van der Waals surface area contributed by atoms with Crippen LogP contribution in [0.4, 0.5) is 13.2 Å². The number of halogens is 3. The molecule has 1 aromatic rings. The summed E-state index contributed by atoms with van der Waals surface area (Å²) in [6.45, 7) is 2.19. The van der Waals surface area contributed by atoms with Gasteiger partial charge in [-0.05, 0) is 13.3 Å². The number of aryl methyl sites for hydroxylation is 2. The summed E-state index contributed by atoms with van der Waals surface area (Å²) in [6.07, 6.45) is 0.701. The van der Waals surface area contributed by atoms with Gasteiger partial charge in [0.15, 0.2) is 0 Å². The summed E-state index contributed by atoms with van der Waals surface area (Å²) in [5.41, 5.74) is 4.83. The van der Waals surface area contributed by atoms with Gasteiger partial charge in [-0.1, -0.05) is 5.16 Å². The van der Waals surface area contributed by atoms with Gasteiger partial charge in [0.1, 0.15) is 12.3 Å². The molecule has 0 saturated heterocycles. The Morgan fingerprint density at radius 3 is 2.79 bits per heavy atom. The van der Waals surface area contributed by atoms with Crippen LogP contribution in [0.3, 0.4) is 0 Å². The lowest BCUT2D eigenvalue weighted by Gasteiger charge is -2.36. The fourth-order valence-electron chi connectivity index (χ4n) is 2.86. The molecule has 2 aliphatic heterocycles. The summed E-state index contributed by atoms with van der Waals surface area (Å²) in [4.78, 5) is 3.93. The Morgan fingerprint density at radius 2 is 2.12 bits per heavy atom. The first-order valence-corrected chi connectivity index (χ1v) is 7.72. The zero-order valence-corrected chi connectivity index (χ0v) is 13.6. The van der Waals surface area contributed by atoms with Gasteiger partial charge < -0.3 is 19.7 Å². The number of hydrogen-bond donors (Lipinski definition) is 1.